The number of carbonyl (C=O) groups excluding carboxylic acids is 2. The number of carbonyl (C=O) groups is 2. The number of nitrogens with one attached hydrogen (secondary N) is 1. The lowest BCUT2D eigenvalue weighted by Gasteiger charge is -2.62. The Morgan fingerprint density at radius 2 is 1.51 bits per heavy atom. The summed E-state index contributed by atoms with van der Waals surface area (Å²) >= 11 is 0. The number of hydrogen-bond donors (Lipinski definition) is 3. The molecule has 0 saturated heterocycles. The minimum absolute atomic E-state index is 0.0181. The van der Waals surface area contributed by atoms with E-state index in [0.29, 0.717) is 48.9 Å². The average molecular weight is 790 g/mol. The zero-order valence-electron chi connectivity index (χ0n) is 35.2. The number of hydrogen-bond acceptors (Lipinski definition) is 6. The molecule has 316 valence electrons. The van der Waals surface area contributed by atoms with E-state index >= 15 is 0 Å². The highest BCUT2D eigenvalue weighted by atomic mass is 32.2. The van der Waals surface area contributed by atoms with E-state index in [9.17, 15) is 23.1 Å². The van der Waals surface area contributed by atoms with Crippen molar-refractivity contribution in [2.24, 2.45) is 46.3 Å². The quantitative estimate of drug-likeness (QED) is 0.0384. The highest BCUT2D eigenvalue weighted by molar-refractivity contribution is 7.85. The van der Waals surface area contributed by atoms with Crippen LogP contribution in [0.25, 0.3) is 0 Å². The molecule has 4 aliphatic rings. The van der Waals surface area contributed by atoms with Crippen LogP contribution in [0.5, 0.6) is 0 Å². The molecule has 0 aromatic rings. The van der Waals surface area contributed by atoms with Crippen molar-refractivity contribution < 1.29 is 32.4 Å². The fraction of sp³-hybridized carbons (Fsp3) is 0.870. The lowest BCUT2D eigenvalue weighted by molar-refractivity contribution is -0.181. The number of amides is 1. The molecule has 9 heteroatoms. The molecule has 4 rings (SSSR count). The largest absolute Gasteiger partial charge is 0.462 e. The van der Waals surface area contributed by atoms with Crippen molar-refractivity contribution in [3.8, 4) is 0 Å². The molecule has 0 radical (unpaired) electrons. The Kier molecular flexibility index (Phi) is 18.8. The number of ether oxygens (including phenoxy) is 1. The molecule has 10 atom stereocenters. The molecule has 0 bridgehead atoms. The first-order valence-electron chi connectivity index (χ1n) is 22.7. The van der Waals surface area contributed by atoms with E-state index in [1.54, 1.807) is 0 Å². The van der Waals surface area contributed by atoms with Gasteiger partial charge in [0.05, 0.1) is 11.9 Å². The molecule has 55 heavy (non-hydrogen) atoms. The summed E-state index contributed by atoms with van der Waals surface area (Å²) in [5, 5.41) is 14.6. The Bertz CT molecular complexity index is 1350. The number of allylic oxidation sites excluding steroid dienone is 4. The third-order valence-corrected chi connectivity index (χ3v) is 15.8. The minimum Gasteiger partial charge on any atom is -0.462 e. The minimum atomic E-state index is -4.10. The van der Waals surface area contributed by atoms with E-state index in [-0.39, 0.29) is 47.4 Å². The van der Waals surface area contributed by atoms with Crippen LogP contribution < -0.4 is 5.32 Å². The predicted molar refractivity (Wildman–Crippen MR) is 223 cm³/mol. The van der Waals surface area contributed by atoms with Crippen molar-refractivity contribution in [1.82, 2.24) is 5.32 Å². The molecule has 0 spiro atoms. The number of fused-ring (bicyclic) bond motifs is 5. The van der Waals surface area contributed by atoms with Gasteiger partial charge in [0.2, 0.25) is 5.91 Å². The molecule has 0 aromatic carbocycles. The summed E-state index contributed by atoms with van der Waals surface area (Å²) in [7, 11) is -4.10. The van der Waals surface area contributed by atoms with Crippen LogP contribution in [0.1, 0.15) is 182 Å². The van der Waals surface area contributed by atoms with Crippen molar-refractivity contribution in [1.29, 1.82) is 0 Å². The molecule has 4 fully saturated rings. The average Bonchev–Trinajstić information content (AvgIpc) is 3.50. The van der Waals surface area contributed by atoms with Gasteiger partial charge in [0.1, 0.15) is 6.10 Å². The van der Waals surface area contributed by atoms with E-state index in [0.717, 1.165) is 57.8 Å². The van der Waals surface area contributed by atoms with Crippen molar-refractivity contribution in [2.45, 2.75) is 194 Å². The molecule has 0 aromatic heterocycles. The van der Waals surface area contributed by atoms with Gasteiger partial charge in [0.25, 0.3) is 10.1 Å². The van der Waals surface area contributed by atoms with E-state index in [1.807, 2.05) is 0 Å². The second kappa shape index (κ2) is 22.4. The fourth-order valence-corrected chi connectivity index (χ4v) is 12.3. The van der Waals surface area contributed by atoms with Gasteiger partial charge >= 0.3 is 5.97 Å². The van der Waals surface area contributed by atoms with E-state index in [2.05, 4.69) is 57.3 Å². The Morgan fingerprint density at radius 3 is 2.20 bits per heavy atom. The van der Waals surface area contributed by atoms with E-state index in [1.165, 1.54) is 77.0 Å². The van der Waals surface area contributed by atoms with Gasteiger partial charge in [0.15, 0.2) is 0 Å². The maximum atomic E-state index is 12.9. The van der Waals surface area contributed by atoms with Gasteiger partial charge in [-0.1, -0.05) is 96.9 Å². The van der Waals surface area contributed by atoms with Crippen LogP contribution >= 0.6 is 0 Å². The van der Waals surface area contributed by atoms with Crippen molar-refractivity contribution in [3.63, 3.8) is 0 Å². The van der Waals surface area contributed by atoms with Crippen LogP contribution in [-0.4, -0.2) is 54.5 Å². The highest BCUT2D eigenvalue weighted by Gasteiger charge is 2.63. The second-order valence-corrected chi connectivity index (χ2v) is 20.3. The number of unbranched alkanes of at least 4 members (excludes halogenated alkanes) is 10. The molecule has 3 N–H and O–H groups in total. The molecular formula is C46H79NO7S. The molecule has 4 saturated carbocycles. The Labute approximate surface area is 335 Å². The maximum Gasteiger partial charge on any atom is 0.306 e. The summed E-state index contributed by atoms with van der Waals surface area (Å²) in [6.07, 6.45) is 34.5. The summed E-state index contributed by atoms with van der Waals surface area (Å²) in [4.78, 5) is 25.3. The molecule has 10 unspecified atom stereocenters. The smallest absolute Gasteiger partial charge is 0.306 e. The molecule has 4 aliphatic carbocycles. The normalized spacial score (nSPS) is 32.6. The van der Waals surface area contributed by atoms with Crippen molar-refractivity contribution >= 4 is 22.0 Å². The van der Waals surface area contributed by atoms with Crippen molar-refractivity contribution in [3.05, 3.63) is 24.3 Å². The lowest BCUT2D eigenvalue weighted by atomic mass is 9.43. The molecule has 8 nitrogen and oxygen atoms in total. The standard InChI is InChI=1S/C46H79NO7S/c1-5-6-7-8-9-10-11-12-13-14-15-16-17-18-19-20-21-22-44(50)54-37-29-30-45(3)36(33-37)24-25-38-40-27-26-39(46(40,4)42(48)34-41(38)45)35(2)23-28-43(49)47-31-32-55(51,52)53/h9-10,12-13,35-42,48H,5-8,11,14-34H2,1-4H3,(H,47,49)(H,51,52,53)/b10-9-,13-12-. The first-order valence-corrected chi connectivity index (χ1v) is 24.3. The van der Waals surface area contributed by atoms with Gasteiger partial charge in [-0.3, -0.25) is 14.1 Å². The van der Waals surface area contributed by atoms with Gasteiger partial charge in [-0.05, 0) is 143 Å². The zero-order chi connectivity index (χ0) is 39.9. The second-order valence-electron chi connectivity index (χ2n) is 18.7. The van der Waals surface area contributed by atoms with E-state index in [4.69, 9.17) is 9.29 Å². The molecular weight excluding hydrogens is 711 g/mol. The summed E-state index contributed by atoms with van der Waals surface area (Å²) in [6.45, 7) is 9.17. The van der Waals surface area contributed by atoms with E-state index < -0.39 is 15.9 Å². The van der Waals surface area contributed by atoms with Crippen molar-refractivity contribution in [2.75, 3.05) is 12.3 Å². The van der Waals surface area contributed by atoms with Crippen LogP contribution in [0.2, 0.25) is 0 Å². The summed E-state index contributed by atoms with van der Waals surface area (Å²) in [6, 6.07) is 0. The Balaban J connectivity index is 1.11. The number of aliphatic hydroxyl groups excluding tert-OH is 1. The fourth-order valence-electron chi connectivity index (χ4n) is 11.9. The van der Waals surface area contributed by atoms with Gasteiger partial charge in [-0.15, -0.1) is 0 Å². The summed E-state index contributed by atoms with van der Waals surface area (Å²) in [5.74, 6) is 2.01. The van der Waals surface area contributed by atoms with Crippen LogP contribution in [0.3, 0.4) is 0 Å². The maximum absolute atomic E-state index is 12.9. The summed E-state index contributed by atoms with van der Waals surface area (Å²) < 4.78 is 37.0. The van der Waals surface area contributed by atoms with Gasteiger partial charge in [-0.25, -0.2) is 0 Å². The first-order chi connectivity index (χ1) is 26.3. The number of esters is 1. The number of rotatable bonds is 24. The van der Waals surface area contributed by atoms with Gasteiger partial charge in [-0.2, -0.15) is 8.42 Å². The van der Waals surface area contributed by atoms with Crippen LogP contribution in [0.15, 0.2) is 24.3 Å². The van der Waals surface area contributed by atoms with Crippen LogP contribution in [0.4, 0.5) is 0 Å². The molecule has 0 aliphatic heterocycles. The topological polar surface area (TPSA) is 130 Å². The van der Waals surface area contributed by atoms with Crippen LogP contribution in [-0.2, 0) is 24.4 Å². The van der Waals surface area contributed by atoms with Gasteiger partial charge in [0, 0.05) is 19.4 Å². The third kappa shape index (κ3) is 13.4. The Morgan fingerprint density at radius 1 is 0.836 bits per heavy atom. The SMILES string of the molecule is CCCCC/C=C\C/C=C\CCCCCCCCCC(=O)OC1CCC2(C)C(CCC3C2CC(O)C2(C)C(C(C)CCC(=O)NCCS(=O)(=O)O)CCC32)C1. The summed E-state index contributed by atoms with van der Waals surface area (Å²) in [5.41, 5.74) is -0.000694. The molecule has 0 heterocycles. The monoisotopic (exact) mass is 790 g/mol. The molecule has 1 amide bonds. The highest BCUT2D eigenvalue weighted by Crippen LogP contribution is 2.68. The first kappa shape index (κ1) is 46.0. The predicted octanol–water partition coefficient (Wildman–Crippen LogP) is 10.5. The Hall–Kier alpha value is -1.71. The number of aliphatic hydroxyl groups is 1. The lowest BCUT2D eigenvalue weighted by Crippen LogP contribution is -2.59. The zero-order valence-corrected chi connectivity index (χ0v) is 36.0. The third-order valence-electron chi connectivity index (χ3n) is 15.1. The van der Waals surface area contributed by atoms with Gasteiger partial charge < -0.3 is 15.2 Å². The van der Waals surface area contributed by atoms with Crippen LogP contribution in [0, 0.1) is 46.3 Å².